The van der Waals surface area contributed by atoms with Crippen LogP contribution in [-0.4, -0.2) is 36.2 Å². The van der Waals surface area contributed by atoms with Crippen LogP contribution in [0.1, 0.15) is 25.8 Å². The highest BCUT2D eigenvalue weighted by molar-refractivity contribution is 7.89. The molecule has 0 aliphatic rings. The maximum atomic E-state index is 12.0. The molecule has 128 valence electrons. The second-order valence-corrected chi connectivity index (χ2v) is 7.47. The van der Waals surface area contributed by atoms with Crippen LogP contribution in [0.15, 0.2) is 24.3 Å². The normalized spacial score (nSPS) is 13.0. The van der Waals surface area contributed by atoms with Gasteiger partial charge in [-0.15, -0.1) is 0 Å². The summed E-state index contributed by atoms with van der Waals surface area (Å²) < 4.78 is 26.2. The number of carbonyl (C=O) groups is 1. The van der Waals surface area contributed by atoms with Gasteiger partial charge in [0.25, 0.3) is 5.69 Å². The number of aliphatic carboxylic acids is 1. The van der Waals surface area contributed by atoms with E-state index < -0.39 is 32.7 Å². The predicted molar refractivity (Wildman–Crippen MR) is 84.6 cm³/mol. The minimum Gasteiger partial charge on any atom is -0.480 e. The largest absolute Gasteiger partial charge is 0.480 e. The van der Waals surface area contributed by atoms with Gasteiger partial charge >= 0.3 is 5.97 Å². The first-order valence-corrected chi connectivity index (χ1v) is 8.72. The van der Waals surface area contributed by atoms with E-state index in [0.29, 0.717) is 5.56 Å². The lowest BCUT2D eigenvalue weighted by Crippen LogP contribution is -2.42. The highest BCUT2D eigenvalue weighted by Crippen LogP contribution is 2.18. The fraction of sp³-hybridized carbons (Fsp3) is 0.500. The summed E-state index contributed by atoms with van der Waals surface area (Å²) in [6.45, 7) is 3.58. The van der Waals surface area contributed by atoms with Crippen molar-refractivity contribution in [2.24, 2.45) is 5.92 Å². The molecule has 1 atom stereocenters. The second-order valence-electron chi connectivity index (χ2n) is 5.59. The molecule has 0 aliphatic carbocycles. The molecular weight excluding hydrogens is 324 g/mol. The second kappa shape index (κ2) is 8.02. The monoisotopic (exact) mass is 344 g/mol. The number of sulfonamides is 1. The highest BCUT2D eigenvalue weighted by atomic mass is 32.2. The average Bonchev–Trinajstić information content (AvgIpc) is 2.44. The van der Waals surface area contributed by atoms with Crippen LogP contribution >= 0.6 is 0 Å². The van der Waals surface area contributed by atoms with Gasteiger partial charge in [0.05, 0.1) is 10.7 Å². The number of nitrogens with zero attached hydrogens (tertiary/aromatic N) is 1. The molecule has 23 heavy (non-hydrogen) atoms. The Bertz CT molecular complexity index is 672. The molecule has 0 bridgehead atoms. The smallest absolute Gasteiger partial charge is 0.321 e. The molecule has 0 aliphatic heterocycles. The minimum absolute atomic E-state index is 0.00834. The van der Waals surface area contributed by atoms with Crippen LogP contribution < -0.4 is 4.72 Å². The Morgan fingerprint density at radius 1 is 1.35 bits per heavy atom. The van der Waals surface area contributed by atoms with Crippen LogP contribution in [-0.2, 0) is 21.2 Å². The topological polar surface area (TPSA) is 127 Å². The lowest BCUT2D eigenvalue weighted by atomic mass is 10.1. The van der Waals surface area contributed by atoms with E-state index in [1.807, 2.05) is 0 Å². The van der Waals surface area contributed by atoms with E-state index in [9.17, 15) is 23.3 Å². The maximum absolute atomic E-state index is 12.0. The number of rotatable bonds is 9. The predicted octanol–water partition coefficient (Wildman–Crippen LogP) is 1.56. The summed E-state index contributed by atoms with van der Waals surface area (Å²) in [6.07, 6.45) is 0.0978. The van der Waals surface area contributed by atoms with Gasteiger partial charge < -0.3 is 5.11 Å². The maximum Gasteiger partial charge on any atom is 0.321 e. The zero-order valence-corrected chi connectivity index (χ0v) is 13.7. The number of hydrogen-bond acceptors (Lipinski definition) is 5. The molecule has 0 unspecified atom stereocenters. The summed E-state index contributed by atoms with van der Waals surface area (Å²) in [5.74, 6) is -1.65. The Hall–Kier alpha value is -2.00. The quantitative estimate of drug-likeness (QED) is 0.517. The molecule has 1 aromatic rings. The molecule has 9 heteroatoms. The summed E-state index contributed by atoms with van der Waals surface area (Å²) in [5, 5.41) is 20.0. The van der Waals surface area contributed by atoms with Gasteiger partial charge in [0, 0.05) is 11.6 Å². The molecule has 0 saturated carbocycles. The van der Waals surface area contributed by atoms with Crippen LogP contribution in [0.25, 0.3) is 0 Å². The summed E-state index contributed by atoms with van der Waals surface area (Å²) in [5.41, 5.74) is 0.137. The number of carboxylic acid groups (broad SMARTS) is 1. The summed E-state index contributed by atoms with van der Waals surface area (Å²) in [4.78, 5) is 21.4. The Morgan fingerprint density at radius 2 is 1.96 bits per heavy atom. The molecule has 0 amide bonds. The number of carboxylic acids is 1. The standard InChI is InChI=1S/C14H20N2O6S/c1-10(2)9-12(14(17)18)15-23(21,22)8-7-11-5-3-4-6-13(11)16(19)20/h3-6,10,12,15H,7-9H2,1-2H3,(H,17,18)/t12-/m1/s1. The van der Waals surface area contributed by atoms with Crippen molar-refractivity contribution in [2.75, 3.05) is 5.75 Å². The molecule has 8 nitrogen and oxygen atoms in total. The Kier molecular flexibility index (Phi) is 6.64. The molecule has 0 radical (unpaired) electrons. The molecule has 1 rings (SSSR count). The first-order chi connectivity index (χ1) is 10.6. The fourth-order valence-electron chi connectivity index (χ4n) is 2.09. The first kappa shape index (κ1) is 19.0. The summed E-state index contributed by atoms with van der Waals surface area (Å²) in [6, 6.07) is 4.66. The van der Waals surface area contributed by atoms with E-state index in [2.05, 4.69) is 4.72 Å². The van der Waals surface area contributed by atoms with Gasteiger partial charge in [0.1, 0.15) is 6.04 Å². The van der Waals surface area contributed by atoms with Crippen molar-refractivity contribution in [3.8, 4) is 0 Å². The van der Waals surface area contributed by atoms with Gasteiger partial charge in [-0.2, -0.15) is 0 Å². The molecule has 0 spiro atoms. The van der Waals surface area contributed by atoms with Gasteiger partial charge in [-0.1, -0.05) is 32.0 Å². The molecule has 0 fully saturated rings. The molecule has 2 N–H and O–H groups in total. The number of nitro groups is 1. The van der Waals surface area contributed by atoms with E-state index >= 15 is 0 Å². The van der Waals surface area contributed by atoms with Crippen molar-refractivity contribution in [3.05, 3.63) is 39.9 Å². The van der Waals surface area contributed by atoms with Gasteiger partial charge in [0.15, 0.2) is 0 Å². The third kappa shape index (κ3) is 6.33. The van der Waals surface area contributed by atoms with Crippen LogP contribution in [0.4, 0.5) is 5.69 Å². The molecule has 0 aromatic heterocycles. The number of para-hydroxylation sites is 1. The van der Waals surface area contributed by atoms with Crippen molar-refractivity contribution in [2.45, 2.75) is 32.7 Å². The average molecular weight is 344 g/mol. The summed E-state index contributed by atoms with van der Waals surface area (Å²) in [7, 11) is -3.87. The summed E-state index contributed by atoms with van der Waals surface area (Å²) >= 11 is 0. The van der Waals surface area contributed by atoms with Crippen LogP contribution in [0.5, 0.6) is 0 Å². The minimum atomic E-state index is -3.87. The number of nitrogens with one attached hydrogen (secondary N) is 1. The van der Waals surface area contributed by atoms with E-state index in [1.165, 1.54) is 18.2 Å². The Balaban J connectivity index is 2.79. The van der Waals surface area contributed by atoms with E-state index in [4.69, 9.17) is 5.11 Å². The molecular formula is C14H20N2O6S. The van der Waals surface area contributed by atoms with Crippen LogP contribution in [0, 0.1) is 16.0 Å². The first-order valence-electron chi connectivity index (χ1n) is 7.07. The molecule has 1 aromatic carbocycles. The van der Waals surface area contributed by atoms with Gasteiger partial charge in [-0.05, 0) is 18.8 Å². The van der Waals surface area contributed by atoms with Crippen molar-refractivity contribution in [3.63, 3.8) is 0 Å². The van der Waals surface area contributed by atoms with Crippen molar-refractivity contribution in [1.29, 1.82) is 0 Å². The zero-order chi connectivity index (χ0) is 17.6. The van der Waals surface area contributed by atoms with Crippen LogP contribution in [0.3, 0.4) is 0 Å². The van der Waals surface area contributed by atoms with Crippen LogP contribution in [0.2, 0.25) is 0 Å². The van der Waals surface area contributed by atoms with Crippen molar-refractivity contribution >= 4 is 21.7 Å². The van der Waals surface area contributed by atoms with E-state index in [0.717, 1.165) is 0 Å². The van der Waals surface area contributed by atoms with E-state index in [-0.39, 0.29) is 24.4 Å². The zero-order valence-electron chi connectivity index (χ0n) is 12.9. The third-order valence-corrected chi connectivity index (χ3v) is 4.54. The SMILES string of the molecule is CC(C)C[C@@H](NS(=O)(=O)CCc1ccccc1[N+](=O)[O-])C(=O)O. The lowest BCUT2D eigenvalue weighted by Gasteiger charge is -2.16. The Morgan fingerprint density at radius 3 is 2.48 bits per heavy atom. The van der Waals surface area contributed by atoms with Gasteiger partial charge in [0.2, 0.25) is 10.0 Å². The number of benzene rings is 1. The van der Waals surface area contributed by atoms with Crippen molar-refractivity contribution in [1.82, 2.24) is 4.72 Å². The highest BCUT2D eigenvalue weighted by Gasteiger charge is 2.25. The fourth-order valence-corrected chi connectivity index (χ4v) is 3.33. The lowest BCUT2D eigenvalue weighted by molar-refractivity contribution is -0.385. The van der Waals surface area contributed by atoms with E-state index in [1.54, 1.807) is 19.9 Å². The molecule has 0 saturated heterocycles. The number of nitro benzene ring substituents is 1. The third-order valence-electron chi connectivity index (χ3n) is 3.16. The van der Waals surface area contributed by atoms with Gasteiger partial charge in [-0.3, -0.25) is 14.9 Å². The number of hydrogen-bond donors (Lipinski definition) is 2. The van der Waals surface area contributed by atoms with Crippen molar-refractivity contribution < 1.29 is 23.2 Å². The Labute approximate surface area is 134 Å². The number of aryl methyl sites for hydroxylation is 1. The van der Waals surface area contributed by atoms with Gasteiger partial charge in [-0.25, -0.2) is 13.1 Å². The molecule has 0 heterocycles.